The van der Waals surface area contributed by atoms with Crippen molar-refractivity contribution in [3.63, 3.8) is 0 Å². The second-order valence-electron chi connectivity index (χ2n) is 6.88. The Morgan fingerprint density at radius 3 is 2.48 bits per heavy atom. The van der Waals surface area contributed by atoms with Gasteiger partial charge in [-0.25, -0.2) is 4.39 Å². The van der Waals surface area contributed by atoms with Crippen LogP contribution in [0.15, 0.2) is 52.9 Å². The smallest absolute Gasteiger partial charge is 0.254 e. The predicted octanol–water partition coefficient (Wildman–Crippen LogP) is 4.70. The van der Waals surface area contributed by atoms with Gasteiger partial charge >= 0.3 is 0 Å². The van der Waals surface area contributed by atoms with E-state index >= 15 is 0 Å². The molecule has 1 N–H and O–H groups in total. The number of aryl methyl sites for hydroxylation is 1. The Morgan fingerprint density at radius 1 is 1.11 bits per heavy atom. The maximum atomic E-state index is 14.3. The van der Waals surface area contributed by atoms with Gasteiger partial charge in [0, 0.05) is 6.92 Å². The van der Waals surface area contributed by atoms with Gasteiger partial charge < -0.3 is 9.73 Å². The van der Waals surface area contributed by atoms with Crippen molar-refractivity contribution in [1.29, 1.82) is 0 Å². The molecule has 0 aliphatic rings. The highest BCUT2D eigenvalue weighted by atomic mass is 19.1. The number of amides is 1. The van der Waals surface area contributed by atoms with E-state index < -0.39 is 17.8 Å². The highest BCUT2D eigenvalue weighted by molar-refractivity contribution is 5.96. The summed E-state index contributed by atoms with van der Waals surface area (Å²) in [4.78, 5) is 12.8. The molecule has 1 unspecified atom stereocenters. The second kappa shape index (κ2) is 8.12. The normalized spacial score (nSPS) is 12.2. The maximum Gasteiger partial charge on any atom is 0.254 e. The topological polar surface area (TPSA) is 68.0 Å². The van der Waals surface area contributed by atoms with Crippen molar-refractivity contribution in [1.82, 2.24) is 15.5 Å². The molecule has 0 fully saturated rings. The summed E-state index contributed by atoms with van der Waals surface area (Å²) in [6.07, 6.45) is 0.605. The summed E-state index contributed by atoms with van der Waals surface area (Å²) in [5, 5.41) is 10.7. The van der Waals surface area contributed by atoms with Crippen LogP contribution in [0.3, 0.4) is 0 Å². The van der Waals surface area contributed by atoms with Gasteiger partial charge in [0.15, 0.2) is 0 Å². The highest BCUT2D eigenvalue weighted by Crippen LogP contribution is 2.24. The summed E-state index contributed by atoms with van der Waals surface area (Å²) in [7, 11) is 0. The number of hydrogen-bond donors (Lipinski definition) is 1. The molecular formula is C21H22FN3O2. The number of aromatic nitrogens is 2. The van der Waals surface area contributed by atoms with Crippen LogP contribution in [-0.4, -0.2) is 16.1 Å². The Labute approximate surface area is 157 Å². The van der Waals surface area contributed by atoms with Gasteiger partial charge in [0.05, 0.1) is 5.56 Å². The van der Waals surface area contributed by atoms with Crippen LogP contribution >= 0.6 is 0 Å². The van der Waals surface area contributed by atoms with E-state index in [1.165, 1.54) is 6.07 Å². The molecule has 0 bridgehead atoms. The van der Waals surface area contributed by atoms with Crippen molar-refractivity contribution >= 4 is 5.91 Å². The zero-order valence-corrected chi connectivity index (χ0v) is 15.6. The van der Waals surface area contributed by atoms with Crippen LogP contribution in [0.2, 0.25) is 0 Å². The van der Waals surface area contributed by atoms with Gasteiger partial charge in [0.1, 0.15) is 11.9 Å². The molecule has 0 saturated carbocycles. The Kier molecular flexibility index (Phi) is 5.64. The molecule has 0 aliphatic carbocycles. The highest BCUT2D eigenvalue weighted by Gasteiger charge is 2.24. The van der Waals surface area contributed by atoms with Crippen LogP contribution in [0.1, 0.15) is 48.4 Å². The second-order valence-corrected chi connectivity index (χ2v) is 6.88. The predicted molar refractivity (Wildman–Crippen MR) is 101 cm³/mol. The van der Waals surface area contributed by atoms with Crippen LogP contribution < -0.4 is 5.32 Å². The van der Waals surface area contributed by atoms with Crippen LogP contribution in [0.4, 0.5) is 4.39 Å². The minimum Gasteiger partial charge on any atom is -0.423 e. The molecule has 1 heterocycles. The van der Waals surface area contributed by atoms with Crippen molar-refractivity contribution in [2.75, 3.05) is 0 Å². The number of benzene rings is 2. The first kappa shape index (κ1) is 18.8. The molecule has 2 aromatic carbocycles. The summed E-state index contributed by atoms with van der Waals surface area (Å²) in [5.41, 5.74) is 1.68. The molecule has 5 nitrogen and oxygen atoms in total. The molecule has 0 radical (unpaired) electrons. The number of rotatable bonds is 6. The van der Waals surface area contributed by atoms with Crippen LogP contribution in [0, 0.1) is 18.7 Å². The number of nitrogens with one attached hydrogen (secondary N) is 1. The SMILES string of the molecule is Cc1nnc(C(CC(C)C)NC(=O)c2cc(-c3ccccc3)ccc2F)o1. The van der Waals surface area contributed by atoms with E-state index in [9.17, 15) is 9.18 Å². The summed E-state index contributed by atoms with van der Waals surface area (Å²) in [6.45, 7) is 5.74. The number of halogens is 1. The summed E-state index contributed by atoms with van der Waals surface area (Å²) >= 11 is 0. The first-order valence-electron chi connectivity index (χ1n) is 8.90. The van der Waals surface area contributed by atoms with E-state index in [-0.39, 0.29) is 11.5 Å². The number of hydrogen-bond acceptors (Lipinski definition) is 4. The molecule has 0 aliphatic heterocycles. The fourth-order valence-electron chi connectivity index (χ4n) is 2.89. The summed E-state index contributed by atoms with van der Waals surface area (Å²) in [6, 6.07) is 13.6. The number of carbonyl (C=O) groups is 1. The number of carbonyl (C=O) groups excluding carboxylic acids is 1. The van der Waals surface area contributed by atoms with Crippen LogP contribution in [0.5, 0.6) is 0 Å². The van der Waals surface area contributed by atoms with Crippen LogP contribution in [-0.2, 0) is 0 Å². The molecule has 3 aromatic rings. The van der Waals surface area contributed by atoms with E-state index in [0.29, 0.717) is 18.2 Å². The molecule has 1 amide bonds. The maximum absolute atomic E-state index is 14.3. The molecule has 0 saturated heterocycles. The van der Waals surface area contributed by atoms with E-state index in [4.69, 9.17) is 4.42 Å². The Bertz CT molecular complexity index is 922. The van der Waals surface area contributed by atoms with Crippen molar-refractivity contribution < 1.29 is 13.6 Å². The molecule has 6 heteroatoms. The third-order valence-corrected chi connectivity index (χ3v) is 4.17. The van der Waals surface area contributed by atoms with Gasteiger partial charge in [-0.05, 0) is 35.6 Å². The zero-order valence-electron chi connectivity index (χ0n) is 15.6. The molecule has 1 aromatic heterocycles. The lowest BCUT2D eigenvalue weighted by atomic mass is 10.0. The average Bonchev–Trinajstić information content (AvgIpc) is 3.08. The molecule has 140 valence electrons. The third kappa shape index (κ3) is 4.58. The Hall–Kier alpha value is -3.02. The summed E-state index contributed by atoms with van der Waals surface area (Å²) < 4.78 is 19.8. The van der Waals surface area contributed by atoms with Crippen molar-refractivity contribution in [2.24, 2.45) is 5.92 Å². The van der Waals surface area contributed by atoms with E-state index in [1.54, 1.807) is 19.1 Å². The minimum absolute atomic E-state index is 0.0126. The minimum atomic E-state index is -0.572. The van der Waals surface area contributed by atoms with Crippen molar-refractivity contribution in [3.8, 4) is 11.1 Å². The number of nitrogens with zero attached hydrogens (tertiary/aromatic N) is 2. The lowest BCUT2D eigenvalue weighted by Crippen LogP contribution is -2.30. The molecular weight excluding hydrogens is 345 g/mol. The average molecular weight is 367 g/mol. The van der Waals surface area contributed by atoms with Crippen molar-refractivity contribution in [2.45, 2.75) is 33.2 Å². The fourth-order valence-corrected chi connectivity index (χ4v) is 2.89. The first-order chi connectivity index (χ1) is 12.9. The van der Waals surface area contributed by atoms with Gasteiger partial charge in [-0.2, -0.15) is 0 Å². The Balaban J connectivity index is 1.87. The van der Waals surface area contributed by atoms with Gasteiger partial charge in [-0.1, -0.05) is 50.2 Å². The van der Waals surface area contributed by atoms with Crippen molar-refractivity contribution in [3.05, 3.63) is 71.7 Å². The largest absolute Gasteiger partial charge is 0.423 e. The van der Waals surface area contributed by atoms with E-state index in [1.807, 2.05) is 44.2 Å². The zero-order chi connectivity index (χ0) is 19.4. The lowest BCUT2D eigenvalue weighted by molar-refractivity contribution is 0.0920. The fraction of sp³-hybridized carbons (Fsp3) is 0.286. The van der Waals surface area contributed by atoms with Gasteiger partial charge in [0.25, 0.3) is 5.91 Å². The molecule has 3 rings (SSSR count). The Morgan fingerprint density at radius 2 is 1.85 bits per heavy atom. The van der Waals surface area contributed by atoms with E-state index in [0.717, 1.165) is 11.1 Å². The van der Waals surface area contributed by atoms with Gasteiger partial charge in [0.2, 0.25) is 11.8 Å². The standard InChI is InChI=1S/C21H22FN3O2/c1-13(2)11-19(21-25-24-14(3)27-21)23-20(26)17-12-16(9-10-18(17)22)15-7-5-4-6-8-15/h4-10,12-13,19H,11H2,1-3H3,(H,23,26). The molecule has 27 heavy (non-hydrogen) atoms. The monoisotopic (exact) mass is 367 g/mol. The quantitative estimate of drug-likeness (QED) is 0.686. The lowest BCUT2D eigenvalue weighted by Gasteiger charge is -2.18. The van der Waals surface area contributed by atoms with Gasteiger partial charge in [-0.15, -0.1) is 10.2 Å². The van der Waals surface area contributed by atoms with Gasteiger partial charge in [-0.3, -0.25) is 4.79 Å². The molecule has 1 atom stereocenters. The van der Waals surface area contributed by atoms with Crippen LogP contribution in [0.25, 0.3) is 11.1 Å². The third-order valence-electron chi connectivity index (χ3n) is 4.17. The molecule has 0 spiro atoms. The first-order valence-corrected chi connectivity index (χ1v) is 8.90. The summed E-state index contributed by atoms with van der Waals surface area (Å²) in [5.74, 6) is -0.0496. The van der Waals surface area contributed by atoms with E-state index in [2.05, 4.69) is 15.5 Å².